The molecule has 0 amide bonds. The molecule has 1 saturated carbocycles. The van der Waals surface area contributed by atoms with Gasteiger partial charge in [-0.2, -0.15) is 0 Å². The van der Waals surface area contributed by atoms with Gasteiger partial charge in [0.2, 0.25) is 0 Å². The first-order chi connectivity index (χ1) is 6.68. The van der Waals surface area contributed by atoms with Gasteiger partial charge in [0.25, 0.3) is 0 Å². The standard InChI is InChI=1S/C13H17F/c1-13(14,10-11-6-5-7-11)12-8-3-2-4-9-12/h2-4,8-9,11H,5-7,10H2,1H3/t13-/m1/s1. The number of benzene rings is 1. The van der Waals surface area contributed by atoms with Crippen molar-refractivity contribution in [3.63, 3.8) is 0 Å². The summed E-state index contributed by atoms with van der Waals surface area (Å²) in [7, 11) is 0. The van der Waals surface area contributed by atoms with Gasteiger partial charge in [-0.05, 0) is 24.8 Å². The lowest BCUT2D eigenvalue weighted by Gasteiger charge is -2.32. The maximum atomic E-state index is 14.3. The smallest absolute Gasteiger partial charge is 0.133 e. The highest BCUT2D eigenvalue weighted by Crippen LogP contribution is 2.40. The molecule has 1 aliphatic carbocycles. The van der Waals surface area contributed by atoms with Crippen LogP contribution in [0.5, 0.6) is 0 Å². The third kappa shape index (κ3) is 1.97. The number of hydrogen-bond acceptors (Lipinski definition) is 0. The molecule has 76 valence electrons. The normalized spacial score (nSPS) is 21.3. The van der Waals surface area contributed by atoms with Crippen molar-refractivity contribution in [3.05, 3.63) is 35.9 Å². The predicted molar refractivity (Wildman–Crippen MR) is 56.9 cm³/mol. The van der Waals surface area contributed by atoms with Gasteiger partial charge in [0.05, 0.1) is 0 Å². The summed E-state index contributed by atoms with van der Waals surface area (Å²) in [6.45, 7) is 1.71. The summed E-state index contributed by atoms with van der Waals surface area (Å²) in [5.74, 6) is 0.616. The SMILES string of the molecule is C[C@@](F)(CC1CCC1)c1ccccc1. The van der Waals surface area contributed by atoms with Crippen LogP contribution >= 0.6 is 0 Å². The van der Waals surface area contributed by atoms with Crippen LogP contribution in [-0.2, 0) is 5.67 Å². The Morgan fingerprint density at radius 3 is 2.43 bits per heavy atom. The van der Waals surface area contributed by atoms with E-state index in [0.717, 1.165) is 5.56 Å². The van der Waals surface area contributed by atoms with E-state index in [2.05, 4.69) is 0 Å². The van der Waals surface area contributed by atoms with E-state index in [9.17, 15) is 4.39 Å². The summed E-state index contributed by atoms with van der Waals surface area (Å²) in [4.78, 5) is 0. The Morgan fingerprint density at radius 2 is 1.93 bits per heavy atom. The molecule has 0 bridgehead atoms. The summed E-state index contributed by atoms with van der Waals surface area (Å²) in [6.07, 6.45) is 4.41. The van der Waals surface area contributed by atoms with Crippen LogP contribution in [0.3, 0.4) is 0 Å². The fourth-order valence-electron chi connectivity index (χ4n) is 2.14. The quantitative estimate of drug-likeness (QED) is 0.677. The number of alkyl halides is 1. The third-order valence-electron chi connectivity index (χ3n) is 3.27. The van der Waals surface area contributed by atoms with Crippen LogP contribution in [0, 0.1) is 5.92 Å². The van der Waals surface area contributed by atoms with Crippen LogP contribution in [0.1, 0.15) is 38.2 Å². The minimum absolute atomic E-state index is 0.616. The average Bonchev–Trinajstić information content (AvgIpc) is 2.13. The molecule has 1 aromatic carbocycles. The lowest BCUT2D eigenvalue weighted by molar-refractivity contribution is 0.114. The van der Waals surface area contributed by atoms with Crippen LogP contribution in [0.25, 0.3) is 0 Å². The van der Waals surface area contributed by atoms with E-state index in [-0.39, 0.29) is 0 Å². The van der Waals surface area contributed by atoms with Gasteiger partial charge >= 0.3 is 0 Å². The maximum absolute atomic E-state index is 14.3. The Kier molecular flexibility index (Phi) is 2.58. The third-order valence-corrected chi connectivity index (χ3v) is 3.27. The molecule has 1 heteroatoms. The van der Waals surface area contributed by atoms with Crippen LogP contribution in [0.15, 0.2) is 30.3 Å². The van der Waals surface area contributed by atoms with Crippen molar-refractivity contribution < 1.29 is 4.39 Å². The van der Waals surface area contributed by atoms with Gasteiger partial charge < -0.3 is 0 Å². The first-order valence-corrected chi connectivity index (χ1v) is 5.43. The monoisotopic (exact) mass is 192 g/mol. The average molecular weight is 192 g/mol. The molecule has 1 aromatic rings. The minimum atomic E-state index is -1.13. The van der Waals surface area contributed by atoms with Crippen molar-refractivity contribution >= 4 is 0 Å². The van der Waals surface area contributed by atoms with Crippen molar-refractivity contribution in [2.75, 3.05) is 0 Å². The lowest BCUT2D eigenvalue weighted by atomic mass is 9.76. The summed E-state index contributed by atoms with van der Waals surface area (Å²) in [5, 5.41) is 0. The van der Waals surface area contributed by atoms with Crippen molar-refractivity contribution in [2.24, 2.45) is 5.92 Å². The van der Waals surface area contributed by atoms with Gasteiger partial charge in [-0.25, -0.2) is 4.39 Å². The molecule has 0 aliphatic heterocycles. The maximum Gasteiger partial charge on any atom is 0.133 e. The van der Waals surface area contributed by atoms with E-state index in [1.807, 2.05) is 30.3 Å². The van der Waals surface area contributed by atoms with E-state index in [0.29, 0.717) is 12.3 Å². The first-order valence-electron chi connectivity index (χ1n) is 5.43. The molecule has 1 aliphatic rings. The second kappa shape index (κ2) is 3.72. The van der Waals surface area contributed by atoms with Gasteiger partial charge in [-0.3, -0.25) is 0 Å². The predicted octanol–water partition coefficient (Wildman–Crippen LogP) is 4.06. The fraction of sp³-hybridized carbons (Fsp3) is 0.538. The van der Waals surface area contributed by atoms with Crippen molar-refractivity contribution in [2.45, 2.75) is 38.3 Å². The number of hydrogen-bond donors (Lipinski definition) is 0. The minimum Gasteiger partial charge on any atom is -0.239 e. The van der Waals surface area contributed by atoms with Crippen molar-refractivity contribution in [1.82, 2.24) is 0 Å². The molecular weight excluding hydrogens is 175 g/mol. The number of halogens is 1. The van der Waals surface area contributed by atoms with E-state index >= 15 is 0 Å². The molecule has 1 fully saturated rings. The zero-order chi connectivity index (χ0) is 10.0. The molecule has 0 spiro atoms. The Labute approximate surface area is 85.1 Å². The zero-order valence-electron chi connectivity index (χ0n) is 8.67. The van der Waals surface area contributed by atoms with Gasteiger partial charge in [0.1, 0.15) is 5.67 Å². The summed E-state index contributed by atoms with van der Waals surface area (Å²) in [5.41, 5.74) is -0.307. The Hall–Kier alpha value is -0.850. The largest absolute Gasteiger partial charge is 0.239 e. The highest BCUT2D eigenvalue weighted by atomic mass is 19.1. The summed E-state index contributed by atoms with van der Waals surface area (Å²) in [6, 6.07) is 9.53. The van der Waals surface area contributed by atoms with Crippen molar-refractivity contribution in [3.8, 4) is 0 Å². The molecule has 0 saturated heterocycles. The molecule has 0 nitrogen and oxygen atoms in total. The van der Waals surface area contributed by atoms with Crippen LogP contribution in [-0.4, -0.2) is 0 Å². The highest BCUT2D eigenvalue weighted by Gasteiger charge is 2.31. The van der Waals surface area contributed by atoms with E-state index in [1.54, 1.807) is 6.92 Å². The second-order valence-corrected chi connectivity index (χ2v) is 4.56. The van der Waals surface area contributed by atoms with Gasteiger partial charge in [-0.1, -0.05) is 49.6 Å². The molecule has 0 radical (unpaired) electrons. The summed E-state index contributed by atoms with van der Waals surface area (Å²) >= 11 is 0. The molecule has 0 N–H and O–H groups in total. The molecular formula is C13H17F. The van der Waals surface area contributed by atoms with Crippen LogP contribution in [0.2, 0.25) is 0 Å². The Morgan fingerprint density at radius 1 is 1.29 bits per heavy atom. The van der Waals surface area contributed by atoms with Gasteiger partial charge in [0.15, 0.2) is 0 Å². The van der Waals surface area contributed by atoms with Crippen LogP contribution in [0.4, 0.5) is 4.39 Å². The Balaban J connectivity index is 2.06. The van der Waals surface area contributed by atoms with Gasteiger partial charge in [-0.15, -0.1) is 0 Å². The zero-order valence-corrected chi connectivity index (χ0v) is 8.67. The molecule has 2 rings (SSSR count). The van der Waals surface area contributed by atoms with E-state index < -0.39 is 5.67 Å². The molecule has 14 heavy (non-hydrogen) atoms. The second-order valence-electron chi connectivity index (χ2n) is 4.56. The summed E-state index contributed by atoms with van der Waals surface area (Å²) < 4.78 is 14.3. The molecule has 0 heterocycles. The fourth-order valence-corrected chi connectivity index (χ4v) is 2.14. The van der Waals surface area contributed by atoms with E-state index in [4.69, 9.17) is 0 Å². The van der Waals surface area contributed by atoms with Crippen LogP contribution < -0.4 is 0 Å². The topological polar surface area (TPSA) is 0 Å². The highest BCUT2D eigenvalue weighted by molar-refractivity contribution is 5.21. The molecule has 0 aromatic heterocycles. The van der Waals surface area contributed by atoms with Crippen molar-refractivity contribution in [1.29, 1.82) is 0 Å². The molecule has 0 unspecified atom stereocenters. The van der Waals surface area contributed by atoms with E-state index in [1.165, 1.54) is 19.3 Å². The molecule has 1 atom stereocenters. The van der Waals surface area contributed by atoms with Gasteiger partial charge in [0, 0.05) is 0 Å². The first kappa shape index (κ1) is 9.70. The lowest BCUT2D eigenvalue weighted by Crippen LogP contribution is -2.24. The Bertz CT molecular complexity index is 285. The number of rotatable bonds is 3.